The summed E-state index contributed by atoms with van der Waals surface area (Å²) in [6, 6.07) is 19.5. The molecule has 7 heteroatoms. The molecule has 1 heterocycles. The second kappa shape index (κ2) is 10.7. The molecule has 0 unspecified atom stereocenters. The van der Waals surface area contributed by atoms with Crippen molar-refractivity contribution in [1.82, 2.24) is 9.62 Å². The molecule has 0 aromatic heterocycles. The van der Waals surface area contributed by atoms with Gasteiger partial charge < -0.3 is 10.2 Å². The zero-order valence-corrected chi connectivity index (χ0v) is 18.4. The summed E-state index contributed by atoms with van der Waals surface area (Å²) < 4.78 is 26.9. The summed E-state index contributed by atoms with van der Waals surface area (Å²) in [6.07, 6.45) is 0.967. The van der Waals surface area contributed by atoms with Gasteiger partial charge in [0.25, 0.3) is 5.91 Å². The van der Waals surface area contributed by atoms with Crippen LogP contribution in [0, 0.1) is 0 Å². The molecule has 30 heavy (non-hydrogen) atoms. The zero-order valence-electron chi connectivity index (χ0n) is 17.6. The van der Waals surface area contributed by atoms with Crippen LogP contribution in [0.5, 0.6) is 0 Å². The van der Waals surface area contributed by atoms with E-state index in [4.69, 9.17) is 0 Å². The smallest absolute Gasteiger partial charge is 0.275 e. The summed E-state index contributed by atoms with van der Waals surface area (Å²) in [4.78, 5) is 13.5. The van der Waals surface area contributed by atoms with Crippen LogP contribution in [0.4, 0.5) is 0 Å². The molecule has 0 saturated carbocycles. The molecule has 1 fully saturated rings. The number of nitrogens with one attached hydrogen (secondary N) is 2. The number of nitrogens with zero attached hydrogens (tertiary/aromatic N) is 1. The van der Waals surface area contributed by atoms with Crippen LogP contribution in [0.1, 0.15) is 30.4 Å². The fourth-order valence-electron chi connectivity index (χ4n) is 3.88. The number of carbonyl (C=O) groups is 1. The summed E-state index contributed by atoms with van der Waals surface area (Å²) in [5.74, 6) is 0.367. The summed E-state index contributed by atoms with van der Waals surface area (Å²) in [5, 5.41) is 3.06. The molecule has 3 rings (SSSR count). The highest BCUT2D eigenvalue weighted by atomic mass is 32.2. The molecule has 2 N–H and O–H groups in total. The maximum absolute atomic E-state index is 12.7. The van der Waals surface area contributed by atoms with Gasteiger partial charge in [-0.25, -0.2) is 8.42 Å². The molecule has 6 nitrogen and oxygen atoms in total. The monoisotopic (exact) mass is 430 g/mol. The van der Waals surface area contributed by atoms with Gasteiger partial charge in [0.2, 0.25) is 10.0 Å². The van der Waals surface area contributed by atoms with Gasteiger partial charge in [0.05, 0.1) is 31.9 Å². The Labute approximate surface area is 179 Å². The van der Waals surface area contributed by atoms with Gasteiger partial charge in [-0.05, 0) is 17.5 Å². The number of hydrogen-bond acceptors (Lipinski definition) is 3. The molecular weight excluding hydrogens is 398 g/mol. The van der Waals surface area contributed by atoms with Gasteiger partial charge >= 0.3 is 0 Å². The number of amides is 1. The van der Waals surface area contributed by atoms with E-state index in [0.29, 0.717) is 45.2 Å². The van der Waals surface area contributed by atoms with Gasteiger partial charge in [0.15, 0.2) is 6.54 Å². The van der Waals surface area contributed by atoms with Crippen molar-refractivity contribution in [3.05, 3.63) is 71.8 Å². The Kier molecular flexibility index (Phi) is 8.01. The Bertz CT molecular complexity index is 896. The second-order valence-electron chi connectivity index (χ2n) is 7.89. The first kappa shape index (κ1) is 22.5. The van der Waals surface area contributed by atoms with Crippen molar-refractivity contribution < 1.29 is 18.1 Å². The van der Waals surface area contributed by atoms with Crippen LogP contribution in [-0.4, -0.2) is 57.9 Å². The number of benzene rings is 2. The average molecular weight is 431 g/mol. The maximum atomic E-state index is 12.7. The fraction of sp³-hybridized carbons (Fsp3) is 0.435. The normalized spacial score (nSPS) is 16.8. The Hall–Kier alpha value is -2.22. The van der Waals surface area contributed by atoms with Crippen molar-refractivity contribution in [3.63, 3.8) is 0 Å². The maximum Gasteiger partial charge on any atom is 0.275 e. The van der Waals surface area contributed by atoms with E-state index in [1.54, 1.807) is 4.31 Å². The summed E-state index contributed by atoms with van der Waals surface area (Å²) in [7, 11) is -3.32. The predicted molar refractivity (Wildman–Crippen MR) is 119 cm³/mol. The molecule has 162 valence electrons. The van der Waals surface area contributed by atoms with Gasteiger partial charge in [0.1, 0.15) is 0 Å². The molecule has 2 aromatic rings. The summed E-state index contributed by atoms with van der Waals surface area (Å²) in [5.41, 5.74) is 2.04. The van der Waals surface area contributed by atoms with Crippen LogP contribution < -0.4 is 10.2 Å². The van der Waals surface area contributed by atoms with Gasteiger partial charge in [0, 0.05) is 12.5 Å². The quantitative estimate of drug-likeness (QED) is 0.624. The van der Waals surface area contributed by atoms with Crippen molar-refractivity contribution in [2.45, 2.75) is 25.0 Å². The van der Waals surface area contributed by atoms with Crippen LogP contribution in [0.2, 0.25) is 0 Å². The molecule has 1 saturated heterocycles. The number of hydrogen-bond donors (Lipinski definition) is 2. The van der Waals surface area contributed by atoms with Crippen molar-refractivity contribution >= 4 is 15.9 Å². The second-order valence-corrected chi connectivity index (χ2v) is 9.86. The highest BCUT2D eigenvalue weighted by molar-refractivity contribution is 7.88. The SMILES string of the molecule is CC[C@@H](CNC(=O)C[NH+]1CCN(S(=O)(=O)Cc2ccccc2)CC1)c1ccccc1. The van der Waals surface area contributed by atoms with Crippen LogP contribution in [0.3, 0.4) is 0 Å². The van der Waals surface area contributed by atoms with E-state index in [9.17, 15) is 13.2 Å². The standard InChI is InChI=1S/C23H31N3O3S/c1-2-21(22-11-7-4-8-12-22)17-24-23(27)18-25-13-15-26(16-14-25)30(28,29)19-20-9-5-3-6-10-20/h3-12,21H,2,13-19H2,1H3,(H,24,27)/p+1/t21-/m0/s1. The van der Waals surface area contributed by atoms with Gasteiger partial charge in [-0.1, -0.05) is 67.6 Å². The van der Waals surface area contributed by atoms with E-state index >= 15 is 0 Å². The minimum Gasteiger partial charge on any atom is -0.351 e. The third kappa shape index (κ3) is 6.39. The molecule has 1 atom stereocenters. The Morgan fingerprint density at radius 3 is 2.23 bits per heavy atom. The lowest BCUT2D eigenvalue weighted by Crippen LogP contribution is -3.15. The number of quaternary nitrogens is 1. The van der Waals surface area contributed by atoms with Gasteiger partial charge in [-0.3, -0.25) is 4.79 Å². The molecule has 0 spiro atoms. The Morgan fingerprint density at radius 1 is 1.03 bits per heavy atom. The lowest BCUT2D eigenvalue weighted by atomic mass is 9.96. The topological polar surface area (TPSA) is 70.9 Å². The molecule has 1 aliphatic heterocycles. The first-order valence-electron chi connectivity index (χ1n) is 10.6. The van der Waals surface area contributed by atoms with Crippen molar-refractivity contribution in [1.29, 1.82) is 0 Å². The van der Waals surface area contributed by atoms with Crippen LogP contribution in [0.15, 0.2) is 60.7 Å². The lowest BCUT2D eigenvalue weighted by Gasteiger charge is -2.31. The predicted octanol–water partition coefficient (Wildman–Crippen LogP) is 1.03. The molecule has 0 radical (unpaired) electrons. The third-order valence-electron chi connectivity index (χ3n) is 5.73. The minimum atomic E-state index is -3.32. The van der Waals surface area contributed by atoms with Gasteiger partial charge in [-0.2, -0.15) is 4.31 Å². The summed E-state index contributed by atoms with van der Waals surface area (Å²) >= 11 is 0. The van der Waals surface area contributed by atoms with E-state index in [1.807, 2.05) is 48.5 Å². The van der Waals surface area contributed by atoms with E-state index in [1.165, 1.54) is 5.56 Å². The molecule has 2 aromatic carbocycles. The van der Waals surface area contributed by atoms with Crippen LogP contribution >= 0.6 is 0 Å². The lowest BCUT2D eigenvalue weighted by molar-refractivity contribution is -0.895. The van der Waals surface area contributed by atoms with Crippen LogP contribution in [-0.2, 0) is 20.6 Å². The fourth-order valence-corrected chi connectivity index (χ4v) is 5.42. The van der Waals surface area contributed by atoms with E-state index < -0.39 is 10.0 Å². The number of sulfonamides is 1. The van der Waals surface area contributed by atoms with Crippen molar-refractivity contribution in [2.75, 3.05) is 39.3 Å². The minimum absolute atomic E-state index is 0.0278. The number of piperazine rings is 1. The molecule has 0 aliphatic carbocycles. The highest BCUT2D eigenvalue weighted by Crippen LogP contribution is 2.17. The zero-order chi connectivity index (χ0) is 21.4. The molecular formula is C23H32N3O3S+. The third-order valence-corrected chi connectivity index (χ3v) is 7.58. The molecule has 0 bridgehead atoms. The summed E-state index contributed by atoms with van der Waals surface area (Å²) in [6.45, 7) is 5.36. The number of carbonyl (C=O) groups excluding carboxylic acids is 1. The first-order valence-corrected chi connectivity index (χ1v) is 12.3. The Balaban J connectivity index is 1.43. The highest BCUT2D eigenvalue weighted by Gasteiger charge is 2.30. The largest absolute Gasteiger partial charge is 0.351 e. The van der Waals surface area contributed by atoms with Crippen molar-refractivity contribution in [2.24, 2.45) is 0 Å². The van der Waals surface area contributed by atoms with E-state index in [0.717, 1.165) is 16.9 Å². The van der Waals surface area contributed by atoms with Crippen LogP contribution in [0.25, 0.3) is 0 Å². The average Bonchev–Trinajstić information content (AvgIpc) is 2.76. The first-order chi connectivity index (χ1) is 14.5. The van der Waals surface area contributed by atoms with E-state index in [-0.39, 0.29) is 11.7 Å². The Morgan fingerprint density at radius 2 is 1.63 bits per heavy atom. The van der Waals surface area contributed by atoms with E-state index in [2.05, 4.69) is 24.4 Å². The molecule has 1 aliphatic rings. The number of rotatable bonds is 9. The van der Waals surface area contributed by atoms with Gasteiger partial charge in [-0.15, -0.1) is 0 Å². The molecule has 1 amide bonds. The van der Waals surface area contributed by atoms with Crippen molar-refractivity contribution in [3.8, 4) is 0 Å².